The first kappa shape index (κ1) is 15.4. The predicted octanol–water partition coefficient (Wildman–Crippen LogP) is 4.25. The molecule has 20 heavy (non-hydrogen) atoms. The van der Waals surface area contributed by atoms with Crippen molar-refractivity contribution < 1.29 is 9.53 Å². The molecule has 1 amide bonds. The fraction of sp³-hybridized carbons (Fsp3) is 0.562. The average molecular weight is 340 g/mol. The third kappa shape index (κ3) is 3.54. The van der Waals surface area contributed by atoms with E-state index >= 15 is 0 Å². The zero-order chi connectivity index (χ0) is 14.5. The summed E-state index contributed by atoms with van der Waals surface area (Å²) in [5, 5.41) is 0. The topological polar surface area (TPSA) is 29.5 Å². The van der Waals surface area contributed by atoms with Crippen molar-refractivity contribution in [2.45, 2.75) is 44.6 Å². The zero-order valence-corrected chi connectivity index (χ0v) is 13.8. The van der Waals surface area contributed by atoms with Crippen molar-refractivity contribution in [2.24, 2.45) is 0 Å². The van der Waals surface area contributed by atoms with Crippen LogP contribution in [0.3, 0.4) is 0 Å². The van der Waals surface area contributed by atoms with Gasteiger partial charge in [0, 0.05) is 18.7 Å². The number of hydrogen-bond acceptors (Lipinski definition) is 2. The van der Waals surface area contributed by atoms with Gasteiger partial charge in [0.15, 0.2) is 0 Å². The molecule has 1 aromatic rings. The van der Waals surface area contributed by atoms with Crippen molar-refractivity contribution in [3.8, 4) is 5.75 Å². The van der Waals surface area contributed by atoms with Crippen molar-refractivity contribution in [2.75, 3.05) is 14.2 Å². The maximum absolute atomic E-state index is 12.6. The highest BCUT2D eigenvalue weighted by Crippen LogP contribution is 2.27. The number of rotatable bonds is 3. The van der Waals surface area contributed by atoms with Crippen LogP contribution in [0.25, 0.3) is 0 Å². The van der Waals surface area contributed by atoms with E-state index in [0.29, 0.717) is 11.6 Å². The lowest BCUT2D eigenvalue weighted by Crippen LogP contribution is -2.36. The normalized spacial score (nSPS) is 16.6. The minimum Gasteiger partial charge on any atom is -0.496 e. The molecule has 3 nitrogen and oxygen atoms in total. The van der Waals surface area contributed by atoms with Crippen molar-refractivity contribution in [1.29, 1.82) is 0 Å². The average Bonchev–Trinajstić information content (AvgIpc) is 2.74. The lowest BCUT2D eigenvalue weighted by Gasteiger charge is -2.27. The Morgan fingerprint density at radius 2 is 1.90 bits per heavy atom. The van der Waals surface area contributed by atoms with Gasteiger partial charge in [0.05, 0.1) is 11.6 Å². The monoisotopic (exact) mass is 339 g/mol. The molecule has 1 aliphatic rings. The molecule has 0 spiro atoms. The van der Waals surface area contributed by atoms with Gasteiger partial charge in [-0.15, -0.1) is 0 Å². The summed E-state index contributed by atoms with van der Waals surface area (Å²) < 4.78 is 6.02. The molecular weight excluding hydrogens is 318 g/mol. The minimum atomic E-state index is 0.0975. The molecule has 0 radical (unpaired) electrons. The van der Waals surface area contributed by atoms with Crippen molar-refractivity contribution in [1.82, 2.24) is 4.90 Å². The van der Waals surface area contributed by atoms with E-state index < -0.39 is 0 Å². The van der Waals surface area contributed by atoms with Crippen molar-refractivity contribution in [3.63, 3.8) is 0 Å². The molecule has 0 unspecified atom stereocenters. The molecule has 2 rings (SSSR count). The van der Waals surface area contributed by atoms with Crippen LogP contribution in [-0.2, 0) is 0 Å². The number of hydrogen-bond donors (Lipinski definition) is 0. The maximum Gasteiger partial charge on any atom is 0.253 e. The smallest absolute Gasteiger partial charge is 0.253 e. The fourth-order valence-corrected chi connectivity index (χ4v) is 3.35. The van der Waals surface area contributed by atoms with Gasteiger partial charge in [0.2, 0.25) is 0 Å². The highest BCUT2D eigenvalue weighted by atomic mass is 79.9. The third-order valence-electron chi connectivity index (χ3n) is 4.09. The first-order valence-corrected chi connectivity index (χ1v) is 8.03. The molecule has 0 saturated heterocycles. The van der Waals surface area contributed by atoms with Crippen LogP contribution < -0.4 is 4.74 Å². The molecule has 0 heterocycles. The van der Waals surface area contributed by atoms with Crippen LogP contribution in [0.5, 0.6) is 5.75 Å². The molecule has 0 atom stereocenters. The Balaban J connectivity index is 2.11. The SMILES string of the molecule is COc1ccc(C(=O)N(C)C2CCCCCC2)cc1Br. The van der Waals surface area contributed by atoms with Gasteiger partial charge in [-0.3, -0.25) is 4.79 Å². The van der Waals surface area contributed by atoms with Crippen LogP contribution in [0.1, 0.15) is 48.9 Å². The van der Waals surface area contributed by atoms with E-state index in [9.17, 15) is 4.79 Å². The van der Waals surface area contributed by atoms with Crippen molar-refractivity contribution >= 4 is 21.8 Å². The Morgan fingerprint density at radius 1 is 1.25 bits per heavy atom. The van der Waals surface area contributed by atoms with Gasteiger partial charge < -0.3 is 9.64 Å². The second-order valence-electron chi connectivity index (χ2n) is 5.41. The summed E-state index contributed by atoms with van der Waals surface area (Å²) in [4.78, 5) is 14.5. The van der Waals surface area contributed by atoms with Crippen LogP contribution in [-0.4, -0.2) is 31.0 Å². The molecule has 1 aliphatic carbocycles. The third-order valence-corrected chi connectivity index (χ3v) is 4.71. The molecule has 0 N–H and O–H groups in total. The first-order chi connectivity index (χ1) is 9.63. The highest BCUT2D eigenvalue weighted by molar-refractivity contribution is 9.10. The Morgan fingerprint density at radius 3 is 2.45 bits per heavy atom. The maximum atomic E-state index is 12.6. The van der Waals surface area contributed by atoms with Crippen LogP contribution in [0.2, 0.25) is 0 Å². The van der Waals surface area contributed by atoms with Gasteiger partial charge in [0.25, 0.3) is 5.91 Å². The van der Waals surface area contributed by atoms with E-state index in [1.54, 1.807) is 7.11 Å². The highest BCUT2D eigenvalue weighted by Gasteiger charge is 2.22. The van der Waals surface area contributed by atoms with E-state index in [4.69, 9.17) is 4.74 Å². The molecule has 1 fully saturated rings. The molecule has 0 bridgehead atoms. The number of benzene rings is 1. The number of methoxy groups -OCH3 is 1. The summed E-state index contributed by atoms with van der Waals surface area (Å²) in [6, 6.07) is 5.89. The van der Waals surface area contributed by atoms with Crippen LogP contribution in [0.4, 0.5) is 0 Å². The standard InChI is InChI=1S/C16H22BrNO2/c1-18(13-7-5-3-4-6-8-13)16(19)12-9-10-15(20-2)14(17)11-12/h9-11,13H,3-8H2,1-2H3. The molecule has 0 aliphatic heterocycles. The zero-order valence-electron chi connectivity index (χ0n) is 12.2. The number of carbonyl (C=O) groups excluding carboxylic acids is 1. The van der Waals surface area contributed by atoms with Crippen LogP contribution in [0, 0.1) is 0 Å². The van der Waals surface area contributed by atoms with Gasteiger partial charge in [-0.05, 0) is 47.0 Å². The summed E-state index contributed by atoms with van der Waals surface area (Å²) in [6.45, 7) is 0. The molecule has 0 aromatic heterocycles. The predicted molar refractivity (Wildman–Crippen MR) is 84.3 cm³/mol. The van der Waals surface area contributed by atoms with Gasteiger partial charge in [-0.1, -0.05) is 25.7 Å². The van der Waals surface area contributed by atoms with E-state index in [-0.39, 0.29) is 5.91 Å². The lowest BCUT2D eigenvalue weighted by atomic mass is 10.1. The molecule has 4 heteroatoms. The Kier molecular flexibility index (Phi) is 5.46. The lowest BCUT2D eigenvalue weighted by molar-refractivity contribution is 0.0717. The van der Waals surface area contributed by atoms with Gasteiger partial charge in [0.1, 0.15) is 5.75 Å². The molecular formula is C16H22BrNO2. The van der Waals surface area contributed by atoms with Crippen molar-refractivity contribution in [3.05, 3.63) is 28.2 Å². The minimum absolute atomic E-state index is 0.0975. The van der Waals surface area contributed by atoms with Gasteiger partial charge >= 0.3 is 0 Å². The summed E-state index contributed by atoms with van der Waals surface area (Å²) in [5.41, 5.74) is 0.712. The largest absolute Gasteiger partial charge is 0.496 e. The fourth-order valence-electron chi connectivity index (χ4n) is 2.81. The van der Waals surface area contributed by atoms with Gasteiger partial charge in [-0.2, -0.15) is 0 Å². The summed E-state index contributed by atoms with van der Waals surface area (Å²) >= 11 is 3.44. The number of halogens is 1. The number of ether oxygens (including phenoxy) is 1. The second-order valence-corrected chi connectivity index (χ2v) is 6.27. The van der Waals surface area contributed by atoms with E-state index in [0.717, 1.165) is 23.1 Å². The second kappa shape index (κ2) is 7.11. The first-order valence-electron chi connectivity index (χ1n) is 7.24. The Bertz CT molecular complexity index is 468. The molecule has 1 saturated carbocycles. The Hall–Kier alpha value is -1.03. The number of carbonyl (C=O) groups is 1. The van der Waals surface area contributed by atoms with Crippen LogP contribution >= 0.6 is 15.9 Å². The molecule has 1 aromatic carbocycles. The summed E-state index contributed by atoms with van der Waals surface area (Å²) in [5.74, 6) is 0.846. The summed E-state index contributed by atoms with van der Waals surface area (Å²) in [6.07, 6.45) is 7.31. The number of amides is 1. The Labute approximate surface area is 129 Å². The summed E-state index contributed by atoms with van der Waals surface area (Å²) in [7, 11) is 3.55. The quantitative estimate of drug-likeness (QED) is 0.770. The number of nitrogens with zero attached hydrogens (tertiary/aromatic N) is 1. The van der Waals surface area contributed by atoms with Crippen LogP contribution in [0.15, 0.2) is 22.7 Å². The van der Waals surface area contributed by atoms with E-state index in [1.165, 1.54) is 25.7 Å². The van der Waals surface area contributed by atoms with E-state index in [1.807, 2.05) is 30.1 Å². The molecule has 110 valence electrons. The van der Waals surface area contributed by atoms with Gasteiger partial charge in [-0.25, -0.2) is 0 Å². The van der Waals surface area contributed by atoms with E-state index in [2.05, 4.69) is 15.9 Å².